The van der Waals surface area contributed by atoms with E-state index < -0.39 is 0 Å². The number of methoxy groups -OCH3 is 3. The van der Waals surface area contributed by atoms with Crippen LogP contribution in [0.1, 0.15) is 30.5 Å². The zero-order valence-electron chi connectivity index (χ0n) is 20.5. The van der Waals surface area contributed by atoms with Crippen molar-refractivity contribution in [2.24, 2.45) is 0 Å². The lowest BCUT2D eigenvalue weighted by atomic mass is 10.1. The molecule has 1 saturated heterocycles. The highest BCUT2D eigenvalue weighted by atomic mass is 16.5. The largest absolute Gasteiger partial charge is 0.493 e. The third kappa shape index (κ3) is 6.14. The van der Waals surface area contributed by atoms with E-state index in [1.807, 2.05) is 41.3 Å². The van der Waals surface area contributed by atoms with Crippen LogP contribution in [0.2, 0.25) is 0 Å². The molecule has 0 unspecified atom stereocenters. The van der Waals surface area contributed by atoms with Crippen molar-refractivity contribution in [3.63, 3.8) is 0 Å². The van der Waals surface area contributed by atoms with Crippen molar-refractivity contribution >= 4 is 5.91 Å². The fourth-order valence-electron chi connectivity index (χ4n) is 4.28. The summed E-state index contributed by atoms with van der Waals surface area (Å²) < 4.78 is 27.7. The predicted molar refractivity (Wildman–Crippen MR) is 131 cm³/mol. The number of aromatic nitrogens is 1. The molecule has 1 atom stereocenters. The van der Waals surface area contributed by atoms with Crippen LogP contribution < -0.4 is 14.2 Å². The van der Waals surface area contributed by atoms with E-state index in [0.717, 1.165) is 30.6 Å². The molecule has 1 amide bonds. The molecule has 8 heteroatoms. The van der Waals surface area contributed by atoms with Crippen LogP contribution >= 0.6 is 0 Å². The Morgan fingerprint density at radius 3 is 2.43 bits per heavy atom. The number of carbonyl (C=O) groups is 1. The Labute approximate surface area is 205 Å². The van der Waals surface area contributed by atoms with E-state index in [9.17, 15) is 4.79 Å². The Bertz CT molecular complexity index is 1080. The first-order chi connectivity index (χ1) is 17.1. The van der Waals surface area contributed by atoms with E-state index >= 15 is 0 Å². The molecular weight excluding hydrogens is 448 g/mol. The topological polar surface area (TPSA) is 83.3 Å². The van der Waals surface area contributed by atoms with Crippen molar-refractivity contribution in [2.45, 2.75) is 38.3 Å². The summed E-state index contributed by atoms with van der Waals surface area (Å²) in [5.41, 5.74) is 2.54. The summed E-state index contributed by atoms with van der Waals surface area (Å²) >= 11 is 0. The maximum absolute atomic E-state index is 13.2. The van der Waals surface area contributed by atoms with E-state index in [2.05, 4.69) is 5.16 Å². The summed E-state index contributed by atoms with van der Waals surface area (Å²) in [5, 5.41) is 4.24. The number of hydrogen-bond donors (Lipinski definition) is 0. The lowest BCUT2D eigenvalue weighted by Gasteiger charge is -2.24. The molecular formula is C27H32N2O6. The number of carbonyl (C=O) groups excluding carboxylic acids is 1. The maximum atomic E-state index is 13.2. The Morgan fingerprint density at radius 1 is 1.06 bits per heavy atom. The van der Waals surface area contributed by atoms with Gasteiger partial charge in [-0.3, -0.25) is 4.79 Å². The molecule has 1 aliphatic rings. The second kappa shape index (κ2) is 11.8. The van der Waals surface area contributed by atoms with Gasteiger partial charge in [-0.25, -0.2) is 0 Å². The predicted octanol–water partition coefficient (Wildman–Crippen LogP) is 4.51. The molecule has 0 N–H and O–H groups in total. The highest BCUT2D eigenvalue weighted by molar-refractivity contribution is 5.76. The first kappa shape index (κ1) is 24.6. The number of rotatable bonds is 11. The van der Waals surface area contributed by atoms with Crippen molar-refractivity contribution in [3.05, 3.63) is 59.8 Å². The van der Waals surface area contributed by atoms with E-state index in [4.69, 9.17) is 23.5 Å². The maximum Gasteiger partial charge on any atom is 0.223 e. The summed E-state index contributed by atoms with van der Waals surface area (Å²) in [6.07, 6.45) is 3.15. The third-order valence-corrected chi connectivity index (χ3v) is 6.13. The Morgan fingerprint density at radius 2 is 1.80 bits per heavy atom. The van der Waals surface area contributed by atoms with Crippen LogP contribution in [-0.2, 0) is 22.5 Å². The van der Waals surface area contributed by atoms with Gasteiger partial charge in [0.2, 0.25) is 11.7 Å². The van der Waals surface area contributed by atoms with Gasteiger partial charge in [-0.15, -0.1) is 0 Å². The number of aryl methyl sites for hydroxylation is 1. The molecule has 0 spiro atoms. The van der Waals surface area contributed by atoms with Crippen LogP contribution in [0, 0.1) is 0 Å². The van der Waals surface area contributed by atoms with Gasteiger partial charge in [0.05, 0.1) is 34.0 Å². The highest BCUT2D eigenvalue weighted by Gasteiger charge is 2.24. The SMILES string of the molecule is COc1cc(-c2cc(CN(C[C@H]3CCCO3)C(=O)CCc3ccccc3)no2)cc(OC)c1OC. The molecule has 1 aliphatic heterocycles. The number of amides is 1. The van der Waals surface area contributed by atoms with Crippen LogP contribution in [0.15, 0.2) is 53.1 Å². The quantitative estimate of drug-likeness (QED) is 0.399. The summed E-state index contributed by atoms with van der Waals surface area (Å²) in [6.45, 7) is 1.63. The summed E-state index contributed by atoms with van der Waals surface area (Å²) in [6, 6.07) is 15.5. The minimum Gasteiger partial charge on any atom is -0.493 e. The van der Waals surface area contributed by atoms with Gasteiger partial charge in [0, 0.05) is 31.2 Å². The van der Waals surface area contributed by atoms with Crippen molar-refractivity contribution in [2.75, 3.05) is 34.5 Å². The molecule has 0 saturated carbocycles. The Kier molecular flexibility index (Phi) is 8.26. The van der Waals surface area contributed by atoms with Crippen LogP contribution in [0.25, 0.3) is 11.3 Å². The van der Waals surface area contributed by atoms with Gasteiger partial charge in [-0.1, -0.05) is 35.5 Å². The van der Waals surface area contributed by atoms with Gasteiger partial charge in [-0.2, -0.15) is 0 Å². The summed E-state index contributed by atoms with van der Waals surface area (Å²) in [5.74, 6) is 2.17. The zero-order valence-corrected chi connectivity index (χ0v) is 20.5. The second-order valence-corrected chi connectivity index (χ2v) is 8.49. The van der Waals surface area contributed by atoms with E-state index in [1.54, 1.807) is 33.5 Å². The Balaban J connectivity index is 1.50. The molecule has 8 nitrogen and oxygen atoms in total. The van der Waals surface area contributed by atoms with Gasteiger partial charge in [0.25, 0.3) is 0 Å². The minimum absolute atomic E-state index is 0.0529. The third-order valence-electron chi connectivity index (χ3n) is 6.13. The van der Waals surface area contributed by atoms with Crippen molar-refractivity contribution < 1.29 is 28.3 Å². The average Bonchev–Trinajstić information content (AvgIpc) is 3.59. The molecule has 0 aliphatic carbocycles. The fraction of sp³-hybridized carbons (Fsp3) is 0.407. The molecule has 0 bridgehead atoms. The molecule has 1 aromatic heterocycles. The number of ether oxygens (including phenoxy) is 4. The second-order valence-electron chi connectivity index (χ2n) is 8.49. The molecule has 3 aromatic rings. The van der Waals surface area contributed by atoms with Crippen LogP contribution in [0.4, 0.5) is 0 Å². The van der Waals surface area contributed by atoms with Crippen LogP contribution in [0.5, 0.6) is 17.2 Å². The van der Waals surface area contributed by atoms with Crippen LogP contribution in [-0.4, -0.2) is 56.5 Å². The van der Waals surface area contributed by atoms with Gasteiger partial charge >= 0.3 is 0 Å². The molecule has 0 radical (unpaired) electrons. The summed E-state index contributed by atoms with van der Waals surface area (Å²) in [7, 11) is 4.69. The van der Waals surface area contributed by atoms with Gasteiger partial charge in [0.15, 0.2) is 17.3 Å². The number of benzene rings is 2. The van der Waals surface area contributed by atoms with E-state index in [1.165, 1.54) is 0 Å². The van der Waals surface area contributed by atoms with Gasteiger partial charge in [0.1, 0.15) is 5.69 Å². The molecule has 4 rings (SSSR count). The Hall–Kier alpha value is -3.52. The number of nitrogens with zero attached hydrogens (tertiary/aromatic N) is 2. The molecule has 35 heavy (non-hydrogen) atoms. The first-order valence-corrected chi connectivity index (χ1v) is 11.8. The minimum atomic E-state index is 0.0529. The van der Waals surface area contributed by atoms with Crippen molar-refractivity contribution in [3.8, 4) is 28.6 Å². The monoisotopic (exact) mass is 480 g/mol. The molecule has 1 fully saturated rings. The smallest absolute Gasteiger partial charge is 0.223 e. The van der Waals surface area contributed by atoms with Gasteiger partial charge < -0.3 is 28.4 Å². The van der Waals surface area contributed by atoms with Crippen LogP contribution in [0.3, 0.4) is 0 Å². The standard InChI is InChI=1S/C27H32N2O6/c1-31-24-14-20(15-25(32-2)27(24)33-3)23-16-21(28-35-23)17-29(18-22-10-7-13-34-22)26(30)12-11-19-8-5-4-6-9-19/h4-6,8-9,14-16,22H,7,10-13,17-18H2,1-3H3/t22-/m1/s1. The lowest BCUT2D eigenvalue weighted by Crippen LogP contribution is -2.37. The van der Waals surface area contributed by atoms with E-state index in [-0.39, 0.29) is 12.0 Å². The van der Waals surface area contributed by atoms with Crippen molar-refractivity contribution in [1.82, 2.24) is 10.1 Å². The summed E-state index contributed by atoms with van der Waals surface area (Å²) in [4.78, 5) is 15.0. The fourth-order valence-corrected chi connectivity index (χ4v) is 4.28. The first-order valence-electron chi connectivity index (χ1n) is 11.8. The number of hydrogen-bond acceptors (Lipinski definition) is 7. The lowest BCUT2D eigenvalue weighted by molar-refractivity contribution is -0.133. The molecule has 2 heterocycles. The molecule has 186 valence electrons. The van der Waals surface area contributed by atoms with Crippen molar-refractivity contribution in [1.29, 1.82) is 0 Å². The zero-order chi connectivity index (χ0) is 24.6. The average molecular weight is 481 g/mol. The molecule has 2 aromatic carbocycles. The normalized spacial score (nSPS) is 15.1. The van der Waals surface area contributed by atoms with Gasteiger partial charge in [-0.05, 0) is 37.0 Å². The van der Waals surface area contributed by atoms with E-state index in [0.29, 0.717) is 54.6 Å². The highest BCUT2D eigenvalue weighted by Crippen LogP contribution is 2.41.